The van der Waals surface area contributed by atoms with E-state index in [4.69, 9.17) is 0 Å². The molecule has 0 atom stereocenters. The second-order valence-electron chi connectivity index (χ2n) is 25.1. The van der Waals surface area contributed by atoms with E-state index < -0.39 is 20.1 Å². The molecule has 430 valence electrons. The van der Waals surface area contributed by atoms with Crippen LogP contribution in [0.2, 0.25) is 0 Å². The van der Waals surface area contributed by atoms with Crippen LogP contribution in [0.3, 0.4) is 0 Å². The van der Waals surface area contributed by atoms with Crippen LogP contribution in [-0.2, 0) is 0 Å². The molecule has 0 saturated heterocycles. The summed E-state index contributed by atoms with van der Waals surface area (Å²) in [6.07, 6.45) is 0. The standard InChI is InChI=1S/C78H66B10N2S2/c79-68-66(69(80)73(84)76(87)72(68)83)60-45-55(92(51-29-13-4-14-30-51,52-31-15-5-16-32-52)53-33-17-6-18-34-53)46-61(67-70(81)74(85)77(88)75(86)71(67)82)78(60)90-63-38-22-20-35-56(63)58-43-47(39-41-65(58)90)89-62-37-21-19-36-57(62)59-44-54(40-42-64(59)89)91(48-23-7-1-8-24-48,49-25-9-2-10-26-49)50-27-11-3-12-28-50/h1-46H,79-88H2. The van der Waals surface area contributed by atoms with Crippen molar-refractivity contribution >= 4 is 197 Å². The molecule has 0 spiro atoms. The van der Waals surface area contributed by atoms with Crippen molar-refractivity contribution in [2.75, 3.05) is 0 Å². The lowest BCUT2D eigenvalue weighted by atomic mass is 9.58. The number of hydrogen-bond acceptors (Lipinski definition) is 0. The van der Waals surface area contributed by atoms with Gasteiger partial charge in [0.15, 0.2) is 0 Å². The van der Waals surface area contributed by atoms with Gasteiger partial charge in [-0.15, -0.1) is 52.8 Å². The molecule has 2 aromatic heterocycles. The largest absolute Gasteiger partial charge is 0.309 e. The highest BCUT2D eigenvalue weighted by atomic mass is 32.3. The third kappa shape index (κ3) is 9.03. The quantitative estimate of drug-likeness (QED) is 0.160. The van der Waals surface area contributed by atoms with E-state index in [9.17, 15) is 0 Å². The molecule has 0 aliphatic carbocycles. The van der Waals surface area contributed by atoms with Crippen molar-refractivity contribution in [3.05, 3.63) is 279 Å². The molecular weight excluding hydrogens is 1140 g/mol. The summed E-state index contributed by atoms with van der Waals surface area (Å²) in [5.74, 6) is 0. The Balaban J connectivity index is 1.06. The minimum atomic E-state index is -2.18. The van der Waals surface area contributed by atoms with Crippen molar-refractivity contribution in [2.24, 2.45) is 0 Å². The minimum absolute atomic E-state index is 1.12. The molecule has 0 radical (unpaired) electrons. The van der Waals surface area contributed by atoms with Gasteiger partial charge in [0.2, 0.25) is 0 Å². The van der Waals surface area contributed by atoms with E-state index in [-0.39, 0.29) is 0 Å². The summed E-state index contributed by atoms with van der Waals surface area (Å²) in [5, 5.41) is 4.88. The zero-order chi connectivity index (χ0) is 63.2. The van der Waals surface area contributed by atoms with Gasteiger partial charge in [-0.3, -0.25) is 0 Å². The third-order valence-electron chi connectivity index (χ3n) is 20.7. The summed E-state index contributed by atoms with van der Waals surface area (Å²) in [7, 11) is 19.4. The van der Waals surface area contributed by atoms with E-state index in [1.54, 1.807) is 0 Å². The molecule has 2 nitrogen and oxygen atoms in total. The van der Waals surface area contributed by atoms with E-state index in [1.807, 2.05) is 0 Å². The summed E-state index contributed by atoms with van der Waals surface area (Å²) in [4.78, 5) is 10.4. The monoisotopic (exact) mass is 1200 g/mol. The summed E-state index contributed by atoms with van der Waals surface area (Å²) >= 11 is 0. The molecule has 0 aliphatic rings. The average Bonchev–Trinajstić information content (AvgIpc) is 1.45. The average molecular weight is 1200 g/mol. The van der Waals surface area contributed by atoms with Gasteiger partial charge in [-0.05, 0) is 145 Å². The predicted octanol–water partition coefficient (Wildman–Crippen LogP) is 4.48. The van der Waals surface area contributed by atoms with Crippen molar-refractivity contribution in [3.63, 3.8) is 0 Å². The van der Waals surface area contributed by atoms with Crippen LogP contribution in [0.15, 0.2) is 318 Å². The van der Waals surface area contributed by atoms with E-state index >= 15 is 0 Å². The number of fused-ring (bicyclic) bond motifs is 6. The Hall–Kier alpha value is -9.19. The molecule has 0 unspecified atom stereocenters. The molecule has 0 amide bonds. The fraction of sp³-hybridized carbons (Fsp3) is 0. The van der Waals surface area contributed by atoms with Crippen LogP contribution in [-0.4, -0.2) is 87.6 Å². The van der Waals surface area contributed by atoms with Crippen molar-refractivity contribution < 1.29 is 0 Å². The molecule has 0 aliphatic heterocycles. The zero-order valence-corrected chi connectivity index (χ0v) is 55.9. The zero-order valence-electron chi connectivity index (χ0n) is 54.3. The smallest absolute Gasteiger partial charge is 0.139 e. The highest BCUT2D eigenvalue weighted by Gasteiger charge is 2.38. The summed E-state index contributed by atoms with van der Waals surface area (Å²) < 4.78 is 5.18. The van der Waals surface area contributed by atoms with Gasteiger partial charge in [0.1, 0.15) is 78.5 Å². The van der Waals surface area contributed by atoms with Crippen LogP contribution in [0.1, 0.15) is 0 Å². The molecular formula is C78H66B10N2S2. The Bertz CT molecular complexity index is 5060. The van der Waals surface area contributed by atoms with Crippen LogP contribution in [0.25, 0.3) is 77.2 Å². The molecule has 0 N–H and O–H groups in total. The van der Waals surface area contributed by atoms with Gasteiger partial charge in [0.05, 0.1) is 27.8 Å². The molecule has 92 heavy (non-hydrogen) atoms. The molecule has 0 fully saturated rings. The summed E-state index contributed by atoms with van der Waals surface area (Å²) in [5.41, 5.74) is 25.4. The number of benzene rings is 13. The van der Waals surface area contributed by atoms with Gasteiger partial charge < -0.3 is 9.13 Å². The Morgan fingerprint density at radius 2 is 0.489 bits per heavy atom. The second kappa shape index (κ2) is 23.5. The van der Waals surface area contributed by atoms with Crippen molar-refractivity contribution in [1.82, 2.24) is 9.13 Å². The molecule has 15 aromatic rings. The van der Waals surface area contributed by atoms with Crippen LogP contribution in [0.4, 0.5) is 0 Å². The van der Waals surface area contributed by atoms with Crippen LogP contribution >= 0.6 is 20.1 Å². The number of para-hydroxylation sites is 2. The Kier molecular flexibility index (Phi) is 15.1. The van der Waals surface area contributed by atoms with E-state index in [0.29, 0.717) is 0 Å². The Morgan fingerprint density at radius 1 is 0.207 bits per heavy atom. The maximum atomic E-state index is 2.66. The first-order valence-electron chi connectivity index (χ1n) is 32.2. The van der Waals surface area contributed by atoms with E-state index in [2.05, 4.69) is 367 Å². The van der Waals surface area contributed by atoms with E-state index in [0.717, 1.165) is 11.2 Å². The molecule has 13 aromatic carbocycles. The van der Waals surface area contributed by atoms with Crippen LogP contribution < -0.4 is 54.6 Å². The Labute approximate surface area is 553 Å². The lowest BCUT2D eigenvalue weighted by Crippen LogP contribution is -2.55. The SMILES string of the molecule is Bc1c(B)c(B)c(-c2cc(S(c3ccccc3)(c3ccccc3)c3ccccc3)cc(-c3c(B)c(B)c(B)c(B)c3B)c2-n2c3ccccc3c3cc(-n4c5ccccc5c5cc(S(c6ccccc6)(c6ccccc6)c6ccccc6)ccc54)ccc32)c(B)c1B. The number of aromatic nitrogens is 2. The van der Waals surface area contributed by atoms with Gasteiger partial charge in [-0.1, -0.05) is 167 Å². The summed E-state index contributed by atoms with van der Waals surface area (Å²) in [6, 6.07) is 106. The van der Waals surface area contributed by atoms with Gasteiger partial charge in [0, 0.05) is 77.5 Å². The van der Waals surface area contributed by atoms with Gasteiger partial charge in [-0.2, -0.15) is 0 Å². The van der Waals surface area contributed by atoms with Gasteiger partial charge >= 0.3 is 0 Å². The summed E-state index contributed by atoms with van der Waals surface area (Å²) in [6.45, 7) is 0. The lowest BCUT2D eigenvalue weighted by molar-refractivity contribution is 1.16. The predicted molar refractivity (Wildman–Crippen MR) is 428 cm³/mol. The molecule has 2 heterocycles. The van der Waals surface area contributed by atoms with Gasteiger partial charge in [0.25, 0.3) is 0 Å². The third-order valence-corrected chi connectivity index (χ3v) is 28.5. The number of rotatable bonds is 12. The first kappa shape index (κ1) is 59.1. The Morgan fingerprint density at radius 3 is 0.870 bits per heavy atom. The first-order chi connectivity index (χ1) is 44.8. The fourth-order valence-corrected chi connectivity index (χ4v) is 23.2. The molecule has 14 heteroatoms. The van der Waals surface area contributed by atoms with E-state index in [1.165, 1.54) is 160 Å². The number of nitrogens with zero attached hydrogens (tertiary/aromatic N) is 2. The highest BCUT2D eigenvalue weighted by molar-refractivity contribution is 8.34. The molecule has 15 rings (SSSR count). The van der Waals surface area contributed by atoms with Crippen molar-refractivity contribution in [3.8, 4) is 33.6 Å². The number of hydrogen-bond donors (Lipinski definition) is 0. The fourth-order valence-electron chi connectivity index (χ4n) is 15.4. The first-order valence-corrected chi connectivity index (χ1v) is 35.5. The second-order valence-corrected chi connectivity index (χ2v) is 31.3. The maximum Gasteiger partial charge on any atom is 0.139 e. The normalized spacial score (nSPS) is 12.3. The van der Waals surface area contributed by atoms with Crippen molar-refractivity contribution in [1.29, 1.82) is 0 Å². The van der Waals surface area contributed by atoms with Crippen LogP contribution in [0.5, 0.6) is 0 Å². The molecule has 0 saturated carbocycles. The van der Waals surface area contributed by atoms with Gasteiger partial charge in [-0.25, -0.2) is 0 Å². The minimum Gasteiger partial charge on any atom is -0.309 e. The topological polar surface area (TPSA) is 9.86 Å². The maximum absolute atomic E-state index is 2.66. The lowest BCUT2D eigenvalue weighted by Gasteiger charge is -2.43. The van der Waals surface area contributed by atoms with Crippen molar-refractivity contribution in [2.45, 2.75) is 39.2 Å². The molecule has 0 bridgehead atoms. The highest BCUT2D eigenvalue weighted by Crippen LogP contribution is 2.75. The van der Waals surface area contributed by atoms with Crippen LogP contribution in [0, 0.1) is 0 Å².